The van der Waals surface area contributed by atoms with Crippen molar-refractivity contribution in [2.24, 2.45) is 11.1 Å². The van der Waals surface area contributed by atoms with Gasteiger partial charge in [-0.05, 0) is 44.2 Å². The molecule has 2 saturated heterocycles. The Labute approximate surface area is 203 Å². The molecule has 9 nitrogen and oxygen atoms in total. The smallest absolute Gasteiger partial charge is 0.183 e. The van der Waals surface area contributed by atoms with Gasteiger partial charge in [0.2, 0.25) is 0 Å². The first-order valence-electron chi connectivity index (χ1n) is 12.2. The van der Waals surface area contributed by atoms with Gasteiger partial charge in [0, 0.05) is 42.3 Å². The van der Waals surface area contributed by atoms with Crippen molar-refractivity contribution >= 4 is 28.5 Å². The van der Waals surface area contributed by atoms with E-state index in [1.54, 1.807) is 12.3 Å². The molecule has 5 heterocycles. The second-order valence-corrected chi connectivity index (χ2v) is 10.2. The molecule has 2 aromatic heterocycles. The molecule has 0 bridgehead atoms. The third-order valence-corrected chi connectivity index (χ3v) is 8.27. The Bertz CT molecular complexity index is 1320. The number of benzene rings is 1. The number of fused-ring (bicyclic) bond motifs is 2. The standard InChI is InChI=1S/C25H29FN8O/c1-14-5-8-34(17-4-3-16(11-27)20(26)19(14)17)24-21-23(31-32-24)30-18(12-29-21)33-9-6-25(7-10-33)13-35-15(2)22(25)28/h3-4,12,14-15,22H,5-10,13,28H2,1-2H3,(H,30,31,32). The van der Waals surface area contributed by atoms with Crippen LogP contribution in [0.3, 0.4) is 0 Å². The van der Waals surface area contributed by atoms with Crippen LogP contribution in [0.1, 0.15) is 50.2 Å². The normalized spacial score (nSPS) is 25.7. The van der Waals surface area contributed by atoms with E-state index in [-0.39, 0.29) is 29.0 Å². The maximum atomic E-state index is 15.0. The second kappa shape index (κ2) is 8.14. The van der Waals surface area contributed by atoms with E-state index < -0.39 is 5.82 Å². The Morgan fingerprint density at radius 2 is 2.06 bits per heavy atom. The molecule has 3 aliphatic heterocycles. The van der Waals surface area contributed by atoms with Crippen LogP contribution in [0.5, 0.6) is 0 Å². The van der Waals surface area contributed by atoms with E-state index in [0.29, 0.717) is 29.1 Å². The number of anilines is 3. The fourth-order valence-electron chi connectivity index (χ4n) is 5.96. The molecule has 0 saturated carbocycles. The predicted molar refractivity (Wildman–Crippen MR) is 130 cm³/mol. The van der Waals surface area contributed by atoms with Crippen LogP contribution >= 0.6 is 0 Å². The average Bonchev–Trinajstić information content (AvgIpc) is 3.41. The lowest BCUT2D eigenvalue weighted by Gasteiger charge is -2.41. The summed E-state index contributed by atoms with van der Waals surface area (Å²) in [6.45, 7) is 7.15. The molecule has 1 spiro atoms. The molecule has 10 heteroatoms. The number of hydrogen-bond donors (Lipinski definition) is 2. The molecule has 35 heavy (non-hydrogen) atoms. The predicted octanol–water partition coefficient (Wildman–Crippen LogP) is 3.34. The van der Waals surface area contributed by atoms with E-state index in [1.165, 1.54) is 6.07 Å². The van der Waals surface area contributed by atoms with E-state index in [0.717, 1.165) is 50.5 Å². The van der Waals surface area contributed by atoms with Crippen LogP contribution in [0.15, 0.2) is 18.3 Å². The second-order valence-electron chi connectivity index (χ2n) is 10.2. The summed E-state index contributed by atoms with van der Waals surface area (Å²) in [5.74, 6) is 0.999. The zero-order valence-corrected chi connectivity index (χ0v) is 20.0. The van der Waals surface area contributed by atoms with Gasteiger partial charge in [-0.25, -0.2) is 14.4 Å². The van der Waals surface area contributed by atoms with Gasteiger partial charge in [0.15, 0.2) is 17.0 Å². The molecule has 0 radical (unpaired) electrons. The van der Waals surface area contributed by atoms with Crippen molar-refractivity contribution in [2.45, 2.75) is 51.2 Å². The van der Waals surface area contributed by atoms with Crippen LogP contribution < -0.4 is 15.5 Å². The summed E-state index contributed by atoms with van der Waals surface area (Å²) in [6.07, 6.45) is 4.57. The van der Waals surface area contributed by atoms with Gasteiger partial charge in [-0.1, -0.05) is 6.92 Å². The zero-order chi connectivity index (χ0) is 24.3. The summed E-state index contributed by atoms with van der Waals surface area (Å²) in [7, 11) is 0. The number of nitrogens with two attached hydrogens (primary N) is 1. The fourth-order valence-corrected chi connectivity index (χ4v) is 5.96. The van der Waals surface area contributed by atoms with Crippen molar-refractivity contribution in [1.29, 1.82) is 5.26 Å². The topological polar surface area (TPSA) is 120 Å². The molecule has 6 rings (SSSR count). The number of nitriles is 1. The van der Waals surface area contributed by atoms with E-state index in [2.05, 4.69) is 22.0 Å². The number of nitrogens with zero attached hydrogens (tertiary/aromatic N) is 6. The van der Waals surface area contributed by atoms with Gasteiger partial charge in [-0.2, -0.15) is 10.4 Å². The Morgan fingerprint density at radius 3 is 2.77 bits per heavy atom. The Kier molecular flexibility index (Phi) is 5.16. The van der Waals surface area contributed by atoms with Gasteiger partial charge in [0.25, 0.3) is 0 Å². The first-order chi connectivity index (χ1) is 16.9. The van der Waals surface area contributed by atoms with Crippen molar-refractivity contribution in [1.82, 2.24) is 20.2 Å². The molecule has 1 aromatic carbocycles. The number of nitrogens with one attached hydrogen (secondary N) is 1. The molecule has 3 unspecified atom stereocenters. The summed E-state index contributed by atoms with van der Waals surface area (Å²) in [6, 6.07) is 5.35. The molecular weight excluding hydrogens is 447 g/mol. The highest BCUT2D eigenvalue weighted by Crippen LogP contribution is 2.43. The van der Waals surface area contributed by atoms with Crippen molar-refractivity contribution in [3.63, 3.8) is 0 Å². The molecule has 3 aliphatic rings. The number of piperidine rings is 1. The molecule has 0 aliphatic carbocycles. The van der Waals surface area contributed by atoms with Gasteiger partial charge < -0.3 is 20.3 Å². The number of aromatic amines is 1. The lowest BCUT2D eigenvalue weighted by atomic mass is 9.73. The van der Waals surface area contributed by atoms with E-state index in [1.807, 2.05) is 17.9 Å². The first kappa shape index (κ1) is 22.2. The monoisotopic (exact) mass is 476 g/mol. The minimum absolute atomic E-state index is 0.0150. The highest BCUT2D eigenvalue weighted by atomic mass is 19.1. The van der Waals surface area contributed by atoms with Gasteiger partial charge in [-0.15, -0.1) is 0 Å². The van der Waals surface area contributed by atoms with Crippen LogP contribution in [0, 0.1) is 22.6 Å². The van der Waals surface area contributed by atoms with E-state index >= 15 is 4.39 Å². The summed E-state index contributed by atoms with van der Waals surface area (Å²) < 4.78 is 20.9. The number of ether oxygens (including phenoxy) is 1. The molecule has 182 valence electrons. The van der Waals surface area contributed by atoms with Crippen molar-refractivity contribution in [3.8, 4) is 6.07 Å². The van der Waals surface area contributed by atoms with Crippen LogP contribution in [0.4, 0.5) is 21.7 Å². The maximum absolute atomic E-state index is 15.0. The Hall–Kier alpha value is -3.29. The lowest BCUT2D eigenvalue weighted by molar-refractivity contribution is 0.0974. The summed E-state index contributed by atoms with van der Waals surface area (Å²) in [5, 5.41) is 16.8. The minimum atomic E-state index is -0.444. The highest BCUT2D eigenvalue weighted by Gasteiger charge is 2.47. The number of rotatable bonds is 2. The fraction of sp³-hybridized carbons (Fsp3) is 0.520. The van der Waals surface area contributed by atoms with Gasteiger partial charge in [-0.3, -0.25) is 5.10 Å². The van der Waals surface area contributed by atoms with Crippen LogP contribution in [0.2, 0.25) is 0 Å². The average molecular weight is 477 g/mol. The van der Waals surface area contributed by atoms with E-state index in [4.69, 9.17) is 20.4 Å². The van der Waals surface area contributed by atoms with Crippen molar-refractivity contribution in [2.75, 3.05) is 36.0 Å². The minimum Gasteiger partial charge on any atom is -0.376 e. The lowest BCUT2D eigenvalue weighted by Crippen LogP contribution is -2.50. The van der Waals surface area contributed by atoms with Crippen LogP contribution in [-0.4, -0.2) is 58.6 Å². The SMILES string of the molecule is CC1CCN(c2n[nH]c3nc(N4CCC5(CC4)COC(C)C5N)cnc23)c2ccc(C#N)c(F)c21. The quantitative estimate of drug-likeness (QED) is 0.578. The van der Waals surface area contributed by atoms with E-state index in [9.17, 15) is 5.26 Å². The largest absolute Gasteiger partial charge is 0.376 e. The molecule has 3 N–H and O–H groups in total. The molecule has 0 amide bonds. The number of aromatic nitrogens is 4. The Morgan fingerprint density at radius 1 is 1.26 bits per heavy atom. The number of H-pyrrole nitrogens is 1. The number of halogens is 1. The zero-order valence-electron chi connectivity index (χ0n) is 20.0. The summed E-state index contributed by atoms with van der Waals surface area (Å²) in [4.78, 5) is 13.8. The molecule has 2 fully saturated rings. The third kappa shape index (κ3) is 3.37. The first-order valence-corrected chi connectivity index (χ1v) is 12.2. The number of hydrogen-bond acceptors (Lipinski definition) is 8. The molecule has 3 aromatic rings. The van der Waals surface area contributed by atoms with Gasteiger partial charge in [0.05, 0.1) is 24.5 Å². The summed E-state index contributed by atoms with van der Waals surface area (Å²) >= 11 is 0. The maximum Gasteiger partial charge on any atom is 0.183 e. The summed E-state index contributed by atoms with van der Waals surface area (Å²) in [5.41, 5.74) is 9.10. The van der Waals surface area contributed by atoms with Gasteiger partial charge >= 0.3 is 0 Å². The van der Waals surface area contributed by atoms with Crippen LogP contribution in [-0.2, 0) is 4.74 Å². The van der Waals surface area contributed by atoms with Crippen molar-refractivity contribution in [3.05, 3.63) is 35.3 Å². The van der Waals surface area contributed by atoms with Crippen LogP contribution in [0.25, 0.3) is 11.2 Å². The molecule has 3 atom stereocenters. The highest BCUT2D eigenvalue weighted by molar-refractivity contribution is 5.88. The Balaban J connectivity index is 1.28. The van der Waals surface area contributed by atoms with Crippen molar-refractivity contribution < 1.29 is 9.13 Å². The third-order valence-electron chi connectivity index (χ3n) is 8.27. The molecular formula is C25H29FN8O. The van der Waals surface area contributed by atoms with Gasteiger partial charge in [0.1, 0.15) is 17.7 Å².